The van der Waals surface area contributed by atoms with Crippen LogP contribution in [0.5, 0.6) is 0 Å². The van der Waals surface area contributed by atoms with Crippen LogP contribution in [-0.4, -0.2) is 46.8 Å². The molecule has 1 aliphatic rings. The van der Waals surface area contributed by atoms with Gasteiger partial charge in [-0.05, 0) is 25.8 Å². The molecule has 1 saturated heterocycles. The summed E-state index contributed by atoms with van der Waals surface area (Å²) in [5, 5.41) is 21.3. The lowest BCUT2D eigenvalue weighted by molar-refractivity contribution is -0.384. The first kappa shape index (κ1) is 15.2. The minimum absolute atomic E-state index is 0.00307. The zero-order chi connectivity index (χ0) is 15.6. The number of hydrogen-bond acceptors (Lipinski definition) is 7. The Hall–Kier alpha value is -2.22. The first-order valence-electron chi connectivity index (χ1n) is 6.55. The SMILES string of the molecule is COC(=O)c1ccc([N+](=O)[O-])c(N2CCCC(C)(O)C2)n1. The highest BCUT2D eigenvalue weighted by atomic mass is 16.6. The molecule has 0 spiro atoms. The molecule has 2 heterocycles. The largest absolute Gasteiger partial charge is 0.464 e. The minimum Gasteiger partial charge on any atom is -0.464 e. The molecule has 1 aliphatic heterocycles. The molecule has 0 amide bonds. The fourth-order valence-corrected chi connectivity index (χ4v) is 2.44. The first-order valence-corrected chi connectivity index (χ1v) is 6.55. The Balaban J connectivity index is 2.43. The fraction of sp³-hybridized carbons (Fsp3) is 0.538. The number of nitrogens with zero attached hydrogens (tertiary/aromatic N) is 3. The quantitative estimate of drug-likeness (QED) is 0.506. The molecular weight excluding hydrogens is 278 g/mol. The van der Waals surface area contributed by atoms with E-state index >= 15 is 0 Å². The summed E-state index contributed by atoms with van der Waals surface area (Å²) in [7, 11) is 1.22. The molecule has 1 fully saturated rings. The molecule has 114 valence electrons. The summed E-state index contributed by atoms with van der Waals surface area (Å²) in [6.07, 6.45) is 1.31. The van der Waals surface area contributed by atoms with Gasteiger partial charge < -0.3 is 14.7 Å². The van der Waals surface area contributed by atoms with Crippen molar-refractivity contribution in [3.05, 3.63) is 27.9 Å². The number of β-amino-alcohol motifs (C(OH)–C–C–N with tert-alkyl or cyclic N) is 1. The molecule has 0 aliphatic carbocycles. The van der Waals surface area contributed by atoms with Gasteiger partial charge in [0.1, 0.15) is 0 Å². The Labute approximate surface area is 121 Å². The smallest absolute Gasteiger partial charge is 0.356 e. The number of hydrogen-bond donors (Lipinski definition) is 1. The topological polar surface area (TPSA) is 106 Å². The molecule has 21 heavy (non-hydrogen) atoms. The zero-order valence-electron chi connectivity index (χ0n) is 11.9. The highest BCUT2D eigenvalue weighted by molar-refractivity contribution is 5.88. The molecule has 8 heteroatoms. The van der Waals surface area contributed by atoms with Crippen LogP contribution in [0.15, 0.2) is 12.1 Å². The Morgan fingerprint density at radius 2 is 2.29 bits per heavy atom. The number of pyridine rings is 1. The van der Waals surface area contributed by atoms with Crippen LogP contribution in [0.25, 0.3) is 0 Å². The van der Waals surface area contributed by atoms with E-state index in [4.69, 9.17) is 0 Å². The molecule has 1 unspecified atom stereocenters. The molecule has 1 aromatic rings. The molecule has 0 bridgehead atoms. The fourth-order valence-electron chi connectivity index (χ4n) is 2.44. The van der Waals surface area contributed by atoms with Crippen molar-refractivity contribution in [1.29, 1.82) is 0 Å². The predicted molar refractivity (Wildman–Crippen MR) is 74.3 cm³/mol. The van der Waals surface area contributed by atoms with E-state index in [1.54, 1.807) is 11.8 Å². The van der Waals surface area contributed by atoms with Crippen molar-refractivity contribution in [3.8, 4) is 0 Å². The highest BCUT2D eigenvalue weighted by Gasteiger charge is 2.33. The van der Waals surface area contributed by atoms with Crippen LogP contribution in [0.1, 0.15) is 30.3 Å². The average molecular weight is 295 g/mol. The van der Waals surface area contributed by atoms with Gasteiger partial charge >= 0.3 is 11.7 Å². The van der Waals surface area contributed by atoms with E-state index in [0.717, 1.165) is 0 Å². The number of piperidine rings is 1. The Kier molecular flexibility index (Phi) is 4.08. The second kappa shape index (κ2) is 5.65. The number of carbonyl (C=O) groups is 1. The number of ether oxygens (including phenoxy) is 1. The van der Waals surface area contributed by atoms with Crippen LogP contribution >= 0.6 is 0 Å². The van der Waals surface area contributed by atoms with Crippen molar-refractivity contribution in [2.24, 2.45) is 0 Å². The van der Waals surface area contributed by atoms with E-state index in [-0.39, 0.29) is 23.7 Å². The van der Waals surface area contributed by atoms with Gasteiger partial charge in [0.15, 0.2) is 5.69 Å². The van der Waals surface area contributed by atoms with Crippen LogP contribution in [0.2, 0.25) is 0 Å². The van der Waals surface area contributed by atoms with E-state index in [1.807, 2.05) is 0 Å². The van der Waals surface area contributed by atoms with Crippen LogP contribution in [0.3, 0.4) is 0 Å². The summed E-state index contributed by atoms with van der Waals surface area (Å²) in [6, 6.07) is 2.49. The maximum atomic E-state index is 11.5. The Morgan fingerprint density at radius 1 is 1.57 bits per heavy atom. The van der Waals surface area contributed by atoms with Gasteiger partial charge in [0, 0.05) is 19.2 Å². The lowest BCUT2D eigenvalue weighted by Crippen LogP contribution is -2.46. The van der Waals surface area contributed by atoms with Crippen LogP contribution in [-0.2, 0) is 4.74 Å². The van der Waals surface area contributed by atoms with Gasteiger partial charge in [-0.2, -0.15) is 0 Å². The van der Waals surface area contributed by atoms with Crippen molar-refractivity contribution in [2.75, 3.05) is 25.1 Å². The van der Waals surface area contributed by atoms with Crippen molar-refractivity contribution in [3.63, 3.8) is 0 Å². The van der Waals surface area contributed by atoms with Crippen LogP contribution < -0.4 is 4.90 Å². The van der Waals surface area contributed by atoms with Gasteiger partial charge in [0.25, 0.3) is 0 Å². The van der Waals surface area contributed by atoms with E-state index < -0.39 is 16.5 Å². The molecule has 0 aromatic carbocycles. The van der Waals surface area contributed by atoms with Gasteiger partial charge in [-0.3, -0.25) is 10.1 Å². The third-order valence-corrected chi connectivity index (χ3v) is 3.42. The van der Waals surface area contributed by atoms with E-state index in [1.165, 1.54) is 19.2 Å². The Bertz CT molecular complexity index is 573. The van der Waals surface area contributed by atoms with E-state index in [9.17, 15) is 20.0 Å². The van der Waals surface area contributed by atoms with Crippen molar-refractivity contribution in [2.45, 2.75) is 25.4 Å². The molecule has 1 atom stereocenters. The van der Waals surface area contributed by atoms with Gasteiger partial charge in [-0.1, -0.05) is 0 Å². The second-order valence-electron chi connectivity index (χ2n) is 5.31. The summed E-state index contributed by atoms with van der Waals surface area (Å²) < 4.78 is 4.58. The molecular formula is C13H17N3O5. The molecule has 0 saturated carbocycles. The maximum absolute atomic E-state index is 11.5. The summed E-state index contributed by atoms with van der Waals surface area (Å²) in [6.45, 7) is 2.44. The van der Waals surface area contributed by atoms with Crippen LogP contribution in [0, 0.1) is 10.1 Å². The summed E-state index contributed by atoms with van der Waals surface area (Å²) >= 11 is 0. The third-order valence-electron chi connectivity index (χ3n) is 3.42. The average Bonchev–Trinajstić information content (AvgIpc) is 2.44. The third kappa shape index (κ3) is 3.27. The number of carbonyl (C=O) groups excluding carboxylic acids is 1. The maximum Gasteiger partial charge on any atom is 0.356 e. The molecule has 1 N–H and O–H groups in total. The standard InChI is InChI=1S/C13H17N3O5/c1-13(18)6-3-7-15(8-13)11-10(16(19)20)5-4-9(14-11)12(17)21-2/h4-5,18H,3,6-8H2,1-2H3. The van der Waals surface area contributed by atoms with E-state index in [0.29, 0.717) is 19.4 Å². The highest BCUT2D eigenvalue weighted by Crippen LogP contribution is 2.31. The molecule has 2 rings (SSSR count). The number of esters is 1. The Morgan fingerprint density at radius 3 is 2.86 bits per heavy atom. The number of anilines is 1. The monoisotopic (exact) mass is 295 g/mol. The van der Waals surface area contributed by atoms with Gasteiger partial charge in [-0.15, -0.1) is 0 Å². The predicted octanol–water partition coefficient (Wildman–Crippen LogP) is 1.13. The van der Waals surface area contributed by atoms with Crippen molar-refractivity contribution >= 4 is 17.5 Å². The molecule has 0 radical (unpaired) electrons. The number of rotatable bonds is 3. The van der Waals surface area contributed by atoms with Gasteiger partial charge in [0.2, 0.25) is 5.82 Å². The minimum atomic E-state index is -0.935. The zero-order valence-corrected chi connectivity index (χ0v) is 11.9. The van der Waals surface area contributed by atoms with E-state index in [2.05, 4.69) is 9.72 Å². The normalized spacial score (nSPS) is 22.0. The first-order chi connectivity index (χ1) is 9.84. The number of nitro groups is 1. The van der Waals surface area contributed by atoms with Crippen molar-refractivity contribution in [1.82, 2.24) is 4.98 Å². The molecule has 1 aromatic heterocycles. The molecule has 8 nitrogen and oxygen atoms in total. The summed E-state index contributed by atoms with van der Waals surface area (Å²) in [5.74, 6) is -0.571. The number of aliphatic hydroxyl groups is 1. The number of methoxy groups -OCH3 is 1. The van der Waals surface area contributed by atoms with Crippen LogP contribution in [0.4, 0.5) is 11.5 Å². The van der Waals surface area contributed by atoms with Gasteiger partial charge in [-0.25, -0.2) is 9.78 Å². The van der Waals surface area contributed by atoms with Gasteiger partial charge in [0.05, 0.1) is 17.6 Å². The lowest BCUT2D eigenvalue weighted by atomic mass is 9.95. The summed E-state index contributed by atoms with van der Waals surface area (Å²) in [4.78, 5) is 27.8. The lowest BCUT2D eigenvalue weighted by Gasteiger charge is -2.37. The second-order valence-corrected chi connectivity index (χ2v) is 5.31. The number of aromatic nitrogens is 1. The van der Waals surface area contributed by atoms with Crippen molar-refractivity contribution < 1.29 is 19.6 Å². The summed E-state index contributed by atoms with van der Waals surface area (Å²) in [5.41, 5.74) is -1.13.